The second kappa shape index (κ2) is 7.57. The molecular weight excluding hydrogens is 306 g/mol. The van der Waals surface area contributed by atoms with Crippen LogP contribution in [0.4, 0.5) is 5.69 Å². The van der Waals surface area contributed by atoms with Crippen molar-refractivity contribution in [2.45, 2.75) is 32.2 Å². The molecule has 2 aliphatic rings. The third kappa shape index (κ3) is 4.20. The maximum atomic E-state index is 12.3. The molecule has 1 heterocycles. The van der Waals surface area contributed by atoms with Gasteiger partial charge in [-0.05, 0) is 37.8 Å². The van der Waals surface area contributed by atoms with Crippen LogP contribution in [0.3, 0.4) is 0 Å². The van der Waals surface area contributed by atoms with E-state index >= 15 is 0 Å². The van der Waals surface area contributed by atoms with Gasteiger partial charge in [0.2, 0.25) is 0 Å². The molecule has 1 aromatic carbocycles. The Bertz CT molecular complexity index is 626. The third-order valence-corrected chi connectivity index (χ3v) is 4.24. The van der Waals surface area contributed by atoms with E-state index in [9.17, 15) is 9.59 Å². The molecule has 1 aliphatic carbocycles. The summed E-state index contributed by atoms with van der Waals surface area (Å²) in [7, 11) is 0. The van der Waals surface area contributed by atoms with Crippen LogP contribution in [0.2, 0.25) is 0 Å². The molecule has 1 atom stereocenters. The zero-order valence-electron chi connectivity index (χ0n) is 13.9. The lowest BCUT2D eigenvalue weighted by atomic mass is 10.1. The smallest absolute Gasteiger partial charge is 0.267 e. The molecule has 0 aromatic heterocycles. The van der Waals surface area contributed by atoms with Crippen molar-refractivity contribution in [1.29, 1.82) is 0 Å². The number of carbonyl (C=O) groups excluding carboxylic acids is 2. The predicted octanol–water partition coefficient (Wildman–Crippen LogP) is 1.75. The Morgan fingerprint density at radius 1 is 1.29 bits per heavy atom. The SMILES string of the molecule is CC(=O)C1CC(C(=O)NCCOCC2CC2)=NN1c1ccccc1. The van der Waals surface area contributed by atoms with E-state index in [0.717, 1.165) is 18.2 Å². The summed E-state index contributed by atoms with van der Waals surface area (Å²) in [5.41, 5.74) is 1.20. The van der Waals surface area contributed by atoms with Crippen molar-refractivity contribution < 1.29 is 14.3 Å². The van der Waals surface area contributed by atoms with Crippen LogP contribution in [-0.2, 0) is 14.3 Å². The zero-order chi connectivity index (χ0) is 16.9. The molecule has 6 heteroatoms. The Morgan fingerprint density at radius 3 is 2.71 bits per heavy atom. The van der Waals surface area contributed by atoms with Gasteiger partial charge in [0.15, 0.2) is 5.78 Å². The summed E-state index contributed by atoms with van der Waals surface area (Å²) < 4.78 is 5.50. The molecule has 0 saturated heterocycles. The highest BCUT2D eigenvalue weighted by Gasteiger charge is 2.33. The number of hydrazone groups is 1. The molecule has 1 amide bonds. The molecule has 1 saturated carbocycles. The van der Waals surface area contributed by atoms with Gasteiger partial charge in [-0.25, -0.2) is 0 Å². The third-order valence-electron chi connectivity index (χ3n) is 4.24. The molecule has 0 radical (unpaired) electrons. The standard InChI is InChI=1S/C18H23N3O3/c1-13(22)17-11-16(20-21(17)15-5-3-2-4-6-15)18(23)19-9-10-24-12-14-7-8-14/h2-6,14,17H,7-12H2,1H3,(H,19,23). The van der Waals surface area contributed by atoms with Gasteiger partial charge in [0.1, 0.15) is 11.8 Å². The lowest BCUT2D eigenvalue weighted by Crippen LogP contribution is -2.35. The van der Waals surface area contributed by atoms with E-state index in [1.165, 1.54) is 19.8 Å². The van der Waals surface area contributed by atoms with E-state index in [1.807, 2.05) is 30.3 Å². The van der Waals surface area contributed by atoms with Crippen molar-refractivity contribution in [3.8, 4) is 0 Å². The molecule has 24 heavy (non-hydrogen) atoms. The second-order valence-electron chi connectivity index (χ2n) is 6.33. The average Bonchev–Trinajstić information content (AvgIpc) is 3.30. The van der Waals surface area contributed by atoms with Crippen LogP contribution < -0.4 is 10.3 Å². The first-order valence-electron chi connectivity index (χ1n) is 8.43. The molecule has 1 unspecified atom stereocenters. The molecule has 6 nitrogen and oxygen atoms in total. The minimum atomic E-state index is -0.417. The lowest BCUT2D eigenvalue weighted by Gasteiger charge is -2.20. The molecule has 3 rings (SSSR count). The largest absolute Gasteiger partial charge is 0.379 e. The van der Waals surface area contributed by atoms with Gasteiger partial charge < -0.3 is 10.1 Å². The highest BCUT2D eigenvalue weighted by atomic mass is 16.5. The minimum Gasteiger partial charge on any atom is -0.379 e. The van der Waals surface area contributed by atoms with Crippen molar-refractivity contribution in [2.24, 2.45) is 11.0 Å². The summed E-state index contributed by atoms with van der Waals surface area (Å²) in [5.74, 6) is 0.489. The van der Waals surface area contributed by atoms with Gasteiger partial charge in [0, 0.05) is 19.6 Å². The van der Waals surface area contributed by atoms with Crippen LogP contribution >= 0.6 is 0 Å². The minimum absolute atomic E-state index is 0.00169. The van der Waals surface area contributed by atoms with Crippen molar-refractivity contribution in [2.75, 3.05) is 24.8 Å². The number of rotatable bonds is 8. The molecular formula is C18H23N3O3. The normalized spacial score (nSPS) is 20.0. The maximum absolute atomic E-state index is 12.3. The maximum Gasteiger partial charge on any atom is 0.267 e. The van der Waals surface area contributed by atoms with Crippen LogP contribution in [-0.4, -0.2) is 43.2 Å². The fraction of sp³-hybridized carbons (Fsp3) is 0.500. The molecule has 1 aromatic rings. The van der Waals surface area contributed by atoms with Gasteiger partial charge in [-0.3, -0.25) is 14.6 Å². The molecule has 1 fully saturated rings. The van der Waals surface area contributed by atoms with Gasteiger partial charge in [-0.1, -0.05) is 18.2 Å². The number of ketones is 1. The average molecular weight is 329 g/mol. The highest BCUT2D eigenvalue weighted by Crippen LogP contribution is 2.28. The van der Waals surface area contributed by atoms with Gasteiger partial charge in [-0.15, -0.1) is 0 Å². The Labute approximate surface area is 141 Å². The molecule has 1 N–H and O–H groups in total. The molecule has 0 bridgehead atoms. The number of anilines is 1. The van der Waals surface area contributed by atoms with Crippen molar-refractivity contribution in [1.82, 2.24) is 5.32 Å². The summed E-state index contributed by atoms with van der Waals surface area (Å²) in [6.45, 7) is 3.28. The predicted molar refractivity (Wildman–Crippen MR) is 92.0 cm³/mol. The summed E-state index contributed by atoms with van der Waals surface area (Å²) in [4.78, 5) is 24.2. The van der Waals surface area contributed by atoms with Crippen molar-refractivity contribution in [3.05, 3.63) is 30.3 Å². The number of nitrogens with one attached hydrogen (secondary N) is 1. The molecule has 1 aliphatic heterocycles. The lowest BCUT2D eigenvalue weighted by molar-refractivity contribution is -0.118. The van der Waals surface area contributed by atoms with Crippen LogP contribution in [0.25, 0.3) is 0 Å². The van der Waals surface area contributed by atoms with E-state index < -0.39 is 6.04 Å². The molecule has 128 valence electrons. The fourth-order valence-electron chi connectivity index (χ4n) is 2.66. The highest BCUT2D eigenvalue weighted by molar-refractivity contribution is 6.40. The van der Waals surface area contributed by atoms with E-state index in [0.29, 0.717) is 25.3 Å². The number of benzene rings is 1. The van der Waals surface area contributed by atoms with Crippen LogP contribution in [0, 0.1) is 5.92 Å². The van der Waals surface area contributed by atoms with Crippen LogP contribution in [0.15, 0.2) is 35.4 Å². The van der Waals surface area contributed by atoms with Gasteiger partial charge in [0.05, 0.1) is 12.3 Å². The number of amides is 1. The zero-order valence-corrected chi connectivity index (χ0v) is 13.9. The number of para-hydroxylation sites is 1. The Hall–Kier alpha value is -2.21. The summed E-state index contributed by atoms with van der Waals surface area (Å²) in [6, 6.07) is 9.02. The van der Waals surface area contributed by atoms with Gasteiger partial charge in [0.25, 0.3) is 5.91 Å². The first-order chi connectivity index (χ1) is 11.6. The van der Waals surface area contributed by atoms with E-state index in [2.05, 4.69) is 10.4 Å². The summed E-state index contributed by atoms with van der Waals surface area (Å²) >= 11 is 0. The number of ether oxygens (including phenoxy) is 1. The Kier molecular flexibility index (Phi) is 5.25. The van der Waals surface area contributed by atoms with Gasteiger partial charge in [-0.2, -0.15) is 5.10 Å². The van der Waals surface area contributed by atoms with Crippen LogP contribution in [0.5, 0.6) is 0 Å². The Balaban J connectivity index is 1.55. The number of nitrogens with zero attached hydrogens (tertiary/aromatic N) is 2. The quantitative estimate of drug-likeness (QED) is 0.738. The van der Waals surface area contributed by atoms with E-state index in [4.69, 9.17) is 4.74 Å². The van der Waals surface area contributed by atoms with Crippen LogP contribution in [0.1, 0.15) is 26.2 Å². The van der Waals surface area contributed by atoms with E-state index in [1.54, 1.807) is 5.01 Å². The number of carbonyl (C=O) groups is 2. The topological polar surface area (TPSA) is 71.0 Å². The summed E-state index contributed by atoms with van der Waals surface area (Å²) in [6.07, 6.45) is 2.84. The van der Waals surface area contributed by atoms with Gasteiger partial charge >= 0.3 is 0 Å². The first-order valence-corrected chi connectivity index (χ1v) is 8.43. The van der Waals surface area contributed by atoms with E-state index in [-0.39, 0.29) is 11.7 Å². The monoisotopic (exact) mass is 329 g/mol. The summed E-state index contributed by atoms with van der Waals surface area (Å²) in [5, 5.41) is 8.83. The Morgan fingerprint density at radius 2 is 2.04 bits per heavy atom. The molecule has 0 spiro atoms. The first kappa shape index (κ1) is 16.6. The number of hydrogen-bond donors (Lipinski definition) is 1. The fourth-order valence-corrected chi connectivity index (χ4v) is 2.66. The number of Topliss-reactive ketones (excluding diaryl/α,β-unsaturated/α-hetero) is 1. The van der Waals surface area contributed by atoms with Crippen molar-refractivity contribution >= 4 is 23.1 Å². The number of hydrogen-bond acceptors (Lipinski definition) is 5. The second-order valence-corrected chi connectivity index (χ2v) is 6.33. The van der Waals surface area contributed by atoms with Crippen molar-refractivity contribution in [3.63, 3.8) is 0 Å².